The number of amides is 1. The number of nitrogens with one attached hydrogen (secondary N) is 1. The number of carbonyl (C=O) groups is 1. The normalized spacial score (nSPS) is 18.1. The van der Waals surface area contributed by atoms with E-state index in [0.717, 1.165) is 19.4 Å². The van der Waals surface area contributed by atoms with E-state index in [-0.39, 0.29) is 29.7 Å². The molecule has 1 amide bonds. The third-order valence-corrected chi connectivity index (χ3v) is 4.24. The van der Waals surface area contributed by atoms with Gasteiger partial charge in [0.15, 0.2) is 5.96 Å². The van der Waals surface area contributed by atoms with Crippen LogP contribution in [-0.2, 0) is 11.3 Å². The first kappa shape index (κ1) is 19.9. The molecule has 2 rings (SSSR count). The minimum atomic E-state index is -3.04. The average molecular weight is 372 g/mol. The molecule has 1 aliphatic rings. The lowest BCUT2D eigenvalue weighted by Crippen LogP contribution is -2.47. The molecule has 0 radical (unpaired) electrons. The van der Waals surface area contributed by atoms with Crippen molar-refractivity contribution >= 4 is 11.9 Å². The van der Waals surface area contributed by atoms with Crippen LogP contribution in [0, 0.1) is 11.7 Å². The van der Waals surface area contributed by atoms with Crippen molar-refractivity contribution in [3.8, 4) is 5.75 Å². The van der Waals surface area contributed by atoms with E-state index < -0.39 is 12.4 Å². The summed E-state index contributed by atoms with van der Waals surface area (Å²) in [6.07, 6.45) is 2.07. The lowest BCUT2D eigenvalue weighted by molar-refractivity contribution is -0.119. The summed E-state index contributed by atoms with van der Waals surface area (Å²) >= 11 is 0. The molecule has 1 aliphatic heterocycles. The Bertz CT molecular complexity index is 655. The lowest BCUT2D eigenvalue weighted by atomic mass is 9.95. The number of likely N-dealkylation sites (tertiary alicyclic amines) is 1. The van der Waals surface area contributed by atoms with Crippen LogP contribution in [-0.4, -0.2) is 43.5 Å². The Kier molecular flexibility index (Phi) is 7.11. The predicted octanol–water partition coefficient (Wildman–Crippen LogP) is 2.09. The number of alkyl halides is 2. The van der Waals surface area contributed by atoms with Gasteiger partial charge in [-0.2, -0.15) is 8.78 Å². The Hall–Kier alpha value is -2.45. The second kappa shape index (κ2) is 9.30. The first-order chi connectivity index (χ1) is 12.4. The monoisotopic (exact) mass is 372 g/mol. The average Bonchev–Trinajstić information content (AvgIpc) is 2.57. The van der Waals surface area contributed by atoms with E-state index >= 15 is 0 Å². The first-order valence-corrected chi connectivity index (χ1v) is 8.36. The molecule has 1 atom stereocenters. The van der Waals surface area contributed by atoms with Crippen LogP contribution in [0.25, 0.3) is 0 Å². The van der Waals surface area contributed by atoms with E-state index in [1.54, 1.807) is 7.05 Å². The van der Waals surface area contributed by atoms with Crippen LogP contribution in [0.4, 0.5) is 13.2 Å². The highest BCUT2D eigenvalue weighted by Crippen LogP contribution is 2.24. The summed E-state index contributed by atoms with van der Waals surface area (Å²) in [5.74, 6) is -0.569. The molecule has 0 bridgehead atoms. The van der Waals surface area contributed by atoms with Gasteiger partial charge in [0.2, 0.25) is 5.91 Å². The zero-order valence-corrected chi connectivity index (χ0v) is 14.6. The third kappa shape index (κ3) is 5.53. The van der Waals surface area contributed by atoms with E-state index in [4.69, 9.17) is 5.73 Å². The Morgan fingerprint density at radius 3 is 2.92 bits per heavy atom. The SMILES string of the molecule is CN=C(NCc1c(F)cccc1OC(F)F)N1CCCC(CC(N)=O)C1. The minimum absolute atomic E-state index is 0.000328. The molecule has 1 unspecified atom stereocenters. The zero-order chi connectivity index (χ0) is 19.1. The number of primary amides is 1. The largest absolute Gasteiger partial charge is 0.434 e. The topological polar surface area (TPSA) is 80.0 Å². The number of halogens is 3. The van der Waals surface area contributed by atoms with Crippen molar-refractivity contribution in [2.24, 2.45) is 16.6 Å². The summed E-state index contributed by atoms with van der Waals surface area (Å²) in [5.41, 5.74) is 5.26. The maximum atomic E-state index is 14.0. The molecule has 26 heavy (non-hydrogen) atoms. The van der Waals surface area contributed by atoms with Crippen molar-refractivity contribution < 1.29 is 22.7 Å². The number of guanidine groups is 1. The predicted molar refractivity (Wildman–Crippen MR) is 91.3 cm³/mol. The summed E-state index contributed by atoms with van der Waals surface area (Å²) < 4.78 is 43.4. The maximum absolute atomic E-state index is 14.0. The Labute approximate surface area is 150 Å². The highest BCUT2D eigenvalue weighted by Gasteiger charge is 2.24. The number of nitrogens with two attached hydrogens (primary N) is 1. The number of nitrogens with zero attached hydrogens (tertiary/aromatic N) is 2. The smallest absolute Gasteiger partial charge is 0.387 e. The van der Waals surface area contributed by atoms with Gasteiger partial charge in [0.1, 0.15) is 11.6 Å². The van der Waals surface area contributed by atoms with E-state index in [2.05, 4.69) is 15.0 Å². The Morgan fingerprint density at radius 1 is 1.50 bits per heavy atom. The lowest BCUT2D eigenvalue weighted by Gasteiger charge is -2.34. The van der Waals surface area contributed by atoms with E-state index in [1.807, 2.05) is 4.90 Å². The summed E-state index contributed by atoms with van der Waals surface area (Å²) in [7, 11) is 1.58. The number of ether oxygens (including phenoxy) is 1. The maximum Gasteiger partial charge on any atom is 0.387 e. The second-order valence-corrected chi connectivity index (χ2v) is 6.12. The first-order valence-electron chi connectivity index (χ1n) is 8.36. The van der Waals surface area contributed by atoms with Gasteiger partial charge in [-0.05, 0) is 30.9 Å². The van der Waals surface area contributed by atoms with Gasteiger partial charge in [-0.1, -0.05) is 6.07 Å². The molecule has 1 aromatic rings. The van der Waals surface area contributed by atoms with Crippen molar-refractivity contribution in [2.45, 2.75) is 32.4 Å². The van der Waals surface area contributed by atoms with Gasteiger partial charge in [-0.15, -0.1) is 0 Å². The summed E-state index contributed by atoms with van der Waals surface area (Å²) in [6, 6.07) is 3.78. The Morgan fingerprint density at radius 2 is 2.27 bits per heavy atom. The molecule has 6 nitrogen and oxygen atoms in total. The third-order valence-electron chi connectivity index (χ3n) is 4.24. The van der Waals surface area contributed by atoms with Gasteiger partial charge >= 0.3 is 6.61 Å². The minimum Gasteiger partial charge on any atom is -0.434 e. The van der Waals surface area contributed by atoms with Crippen LogP contribution in [0.1, 0.15) is 24.8 Å². The molecule has 9 heteroatoms. The Balaban J connectivity index is 2.04. The summed E-state index contributed by atoms with van der Waals surface area (Å²) in [6.45, 7) is -1.77. The molecule has 3 N–H and O–H groups in total. The van der Waals surface area contributed by atoms with Crippen molar-refractivity contribution in [1.29, 1.82) is 0 Å². The molecule has 1 fully saturated rings. The van der Waals surface area contributed by atoms with E-state index in [1.165, 1.54) is 18.2 Å². The molecule has 1 aromatic carbocycles. The van der Waals surface area contributed by atoms with Gasteiger partial charge in [0.05, 0.1) is 0 Å². The number of piperidine rings is 1. The molecule has 1 saturated heterocycles. The van der Waals surface area contributed by atoms with Crippen LogP contribution in [0.15, 0.2) is 23.2 Å². The van der Waals surface area contributed by atoms with Crippen molar-refractivity contribution in [3.05, 3.63) is 29.6 Å². The van der Waals surface area contributed by atoms with E-state index in [0.29, 0.717) is 18.9 Å². The van der Waals surface area contributed by atoms with Crippen LogP contribution in [0.2, 0.25) is 0 Å². The number of aliphatic imine (C=N–C) groups is 1. The molecule has 144 valence electrons. The van der Waals surface area contributed by atoms with Crippen LogP contribution < -0.4 is 15.8 Å². The molecule has 0 aromatic heterocycles. The van der Waals surface area contributed by atoms with Gasteiger partial charge in [-0.3, -0.25) is 9.79 Å². The second-order valence-electron chi connectivity index (χ2n) is 6.12. The number of carbonyl (C=O) groups excluding carboxylic acids is 1. The van der Waals surface area contributed by atoms with Crippen molar-refractivity contribution in [1.82, 2.24) is 10.2 Å². The molecule has 0 spiro atoms. The van der Waals surface area contributed by atoms with Gasteiger partial charge < -0.3 is 20.7 Å². The molecule has 0 saturated carbocycles. The number of rotatable bonds is 6. The van der Waals surface area contributed by atoms with E-state index in [9.17, 15) is 18.0 Å². The number of benzene rings is 1. The molecule has 0 aliphatic carbocycles. The molecular formula is C17H23F3N4O2. The highest BCUT2D eigenvalue weighted by molar-refractivity contribution is 5.80. The summed E-state index contributed by atoms with van der Waals surface area (Å²) in [4.78, 5) is 17.2. The van der Waals surface area contributed by atoms with Crippen molar-refractivity contribution in [2.75, 3.05) is 20.1 Å². The van der Waals surface area contributed by atoms with Crippen LogP contribution in [0.5, 0.6) is 5.75 Å². The molecule has 1 heterocycles. The zero-order valence-electron chi connectivity index (χ0n) is 14.6. The van der Waals surface area contributed by atoms with Crippen LogP contribution in [0.3, 0.4) is 0 Å². The van der Waals surface area contributed by atoms with Gasteiger partial charge in [0, 0.05) is 38.7 Å². The highest BCUT2D eigenvalue weighted by atomic mass is 19.3. The quantitative estimate of drug-likeness (QED) is 0.592. The fourth-order valence-corrected chi connectivity index (χ4v) is 3.13. The number of hydrogen-bond acceptors (Lipinski definition) is 3. The summed E-state index contributed by atoms with van der Waals surface area (Å²) in [5, 5.41) is 2.98. The van der Waals surface area contributed by atoms with Gasteiger partial charge in [0.25, 0.3) is 0 Å². The van der Waals surface area contributed by atoms with Crippen LogP contribution >= 0.6 is 0 Å². The van der Waals surface area contributed by atoms with Gasteiger partial charge in [-0.25, -0.2) is 4.39 Å². The fourth-order valence-electron chi connectivity index (χ4n) is 3.13. The molecular weight excluding hydrogens is 349 g/mol. The fraction of sp³-hybridized carbons (Fsp3) is 0.529. The number of hydrogen-bond donors (Lipinski definition) is 2. The van der Waals surface area contributed by atoms with Crippen molar-refractivity contribution in [3.63, 3.8) is 0 Å². The standard InChI is InChI=1S/C17H23F3N4O2/c1-22-17(24-7-3-4-11(10-24)8-15(21)25)23-9-12-13(18)5-2-6-14(12)26-16(19)20/h2,5-6,11,16H,3-4,7-10H2,1H3,(H2,21,25)(H,22,23).